The minimum Gasteiger partial charge on any atom is -0.314 e. The van der Waals surface area contributed by atoms with Crippen molar-refractivity contribution in [2.24, 2.45) is 5.92 Å². The first-order valence-corrected chi connectivity index (χ1v) is 7.03. The second kappa shape index (κ2) is 7.52. The standard InChI is InChI=1S/C16H26FN/c1-5-7-13(4)16(11-18-12(2)3)14-8-6-9-15(17)10-14/h6,8-10,12-13,16,18H,5,7,11H2,1-4H3. The molecule has 0 fully saturated rings. The van der Waals surface area contributed by atoms with Gasteiger partial charge in [-0.1, -0.05) is 52.7 Å². The molecule has 0 radical (unpaired) electrons. The van der Waals surface area contributed by atoms with Gasteiger partial charge in [-0.05, 0) is 29.5 Å². The van der Waals surface area contributed by atoms with Gasteiger partial charge in [0.05, 0.1) is 0 Å². The molecule has 1 nitrogen and oxygen atoms in total. The predicted molar refractivity (Wildman–Crippen MR) is 76.4 cm³/mol. The molecule has 18 heavy (non-hydrogen) atoms. The molecule has 2 atom stereocenters. The number of benzene rings is 1. The lowest BCUT2D eigenvalue weighted by Crippen LogP contribution is -2.30. The van der Waals surface area contributed by atoms with Crippen LogP contribution in [0, 0.1) is 11.7 Å². The van der Waals surface area contributed by atoms with Crippen LogP contribution in [0.4, 0.5) is 4.39 Å². The summed E-state index contributed by atoms with van der Waals surface area (Å²) in [5.74, 6) is 0.830. The van der Waals surface area contributed by atoms with Crippen LogP contribution < -0.4 is 5.32 Å². The highest BCUT2D eigenvalue weighted by molar-refractivity contribution is 5.21. The molecule has 0 heterocycles. The molecule has 0 spiro atoms. The maximum atomic E-state index is 13.4. The van der Waals surface area contributed by atoms with Gasteiger partial charge in [-0.2, -0.15) is 0 Å². The highest BCUT2D eigenvalue weighted by Crippen LogP contribution is 2.28. The fraction of sp³-hybridized carbons (Fsp3) is 0.625. The third-order valence-corrected chi connectivity index (χ3v) is 3.45. The summed E-state index contributed by atoms with van der Waals surface area (Å²) in [6.07, 6.45) is 2.36. The maximum absolute atomic E-state index is 13.4. The normalized spacial score (nSPS) is 14.8. The maximum Gasteiger partial charge on any atom is 0.123 e. The van der Waals surface area contributed by atoms with Crippen molar-refractivity contribution in [3.8, 4) is 0 Å². The van der Waals surface area contributed by atoms with Gasteiger partial charge in [0.15, 0.2) is 0 Å². The molecular formula is C16H26FN. The summed E-state index contributed by atoms with van der Waals surface area (Å²) in [6, 6.07) is 7.52. The average molecular weight is 251 g/mol. The first-order valence-electron chi connectivity index (χ1n) is 7.03. The molecule has 0 saturated carbocycles. The van der Waals surface area contributed by atoms with Crippen molar-refractivity contribution in [1.82, 2.24) is 5.32 Å². The zero-order chi connectivity index (χ0) is 13.5. The van der Waals surface area contributed by atoms with E-state index in [1.54, 1.807) is 6.07 Å². The lowest BCUT2D eigenvalue weighted by molar-refractivity contribution is 0.391. The van der Waals surface area contributed by atoms with Crippen molar-refractivity contribution in [3.63, 3.8) is 0 Å². The molecule has 0 aromatic heterocycles. The van der Waals surface area contributed by atoms with E-state index >= 15 is 0 Å². The van der Waals surface area contributed by atoms with E-state index in [-0.39, 0.29) is 5.82 Å². The topological polar surface area (TPSA) is 12.0 Å². The Labute approximate surface area is 111 Å². The van der Waals surface area contributed by atoms with Crippen LogP contribution in [0.25, 0.3) is 0 Å². The summed E-state index contributed by atoms with van der Waals surface area (Å²) in [7, 11) is 0. The zero-order valence-corrected chi connectivity index (χ0v) is 12.0. The van der Waals surface area contributed by atoms with E-state index < -0.39 is 0 Å². The smallest absolute Gasteiger partial charge is 0.123 e. The van der Waals surface area contributed by atoms with Gasteiger partial charge in [0.1, 0.15) is 5.82 Å². The molecule has 2 heteroatoms. The molecule has 102 valence electrons. The quantitative estimate of drug-likeness (QED) is 0.760. The lowest BCUT2D eigenvalue weighted by Gasteiger charge is -2.26. The Hall–Kier alpha value is -0.890. The second-order valence-corrected chi connectivity index (χ2v) is 5.49. The SMILES string of the molecule is CCCC(C)C(CNC(C)C)c1cccc(F)c1. The van der Waals surface area contributed by atoms with Gasteiger partial charge in [0, 0.05) is 12.6 Å². The summed E-state index contributed by atoms with van der Waals surface area (Å²) in [5.41, 5.74) is 1.11. The summed E-state index contributed by atoms with van der Waals surface area (Å²) >= 11 is 0. The van der Waals surface area contributed by atoms with Crippen LogP contribution in [-0.4, -0.2) is 12.6 Å². The van der Waals surface area contributed by atoms with Crippen LogP contribution in [0.15, 0.2) is 24.3 Å². The predicted octanol–water partition coefficient (Wildman–Crippen LogP) is 4.34. The fourth-order valence-corrected chi connectivity index (χ4v) is 2.40. The fourth-order valence-electron chi connectivity index (χ4n) is 2.40. The van der Waals surface area contributed by atoms with Gasteiger partial charge in [-0.25, -0.2) is 4.39 Å². The Morgan fingerprint density at radius 2 is 1.94 bits per heavy atom. The Balaban J connectivity index is 2.81. The van der Waals surface area contributed by atoms with Crippen molar-refractivity contribution >= 4 is 0 Å². The van der Waals surface area contributed by atoms with E-state index in [0.29, 0.717) is 17.9 Å². The molecule has 0 aliphatic carbocycles. The molecule has 0 aliphatic heterocycles. The van der Waals surface area contributed by atoms with Gasteiger partial charge in [0.25, 0.3) is 0 Å². The number of nitrogens with one attached hydrogen (secondary N) is 1. The van der Waals surface area contributed by atoms with Crippen LogP contribution >= 0.6 is 0 Å². The molecule has 0 amide bonds. The Morgan fingerprint density at radius 3 is 2.50 bits per heavy atom. The molecule has 0 aliphatic rings. The monoisotopic (exact) mass is 251 g/mol. The molecular weight excluding hydrogens is 225 g/mol. The van der Waals surface area contributed by atoms with Crippen molar-refractivity contribution in [2.75, 3.05) is 6.54 Å². The molecule has 0 bridgehead atoms. The number of halogens is 1. The van der Waals surface area contributed by atoms with Crippen LogP contribution in [-0.2, 0) is 0 Å². The van der Waals surface area contributed by atoms with Crippen molar-refractivity contribution in [3.05, 3.63) is 35.6 Å². The van der Waals surface area contributed by atoms with Crippen molar-refractivity contribution in [2.45, 2.75) is 52.5 Å². The van der Waals surface area contributed by atoms with Gasteiger partial charge in [-0.3, -0.25) is 0 Å². The third-order valence-electron chi connectivity index (χ3n) is 3.45. The summed E-state index contributed by atoms with van der Waals surface area (Å²) < 4.78 is 13.4. The highest BCUT2D eigenvalue weighted by Gasteiger charge is 2.19. The number of hydrogen-bond acceptors (Lipinski definition) is 1. The molecule has 0 saturated heterocycles. The number of rotatable bonds is 7. The summed E-state index contributed by atoms with van der Waals surface area (Å²) in [6.45, 7) is 9.68. The van der Waals surface area contributed by atoms with Gasteiger partial charge in [0.2, 0.25) is 0 Å². The van der Waals surface area contributed by atoms with E-state index in [2.05, 4.69) is 33.0 Å². The molecule has 1 aromatic carbocycles. The summed E-state index contributed by atoms with van der Waals surface area (Å²) in [4.78, 5) is 0. The minimum atomic E-state index is -0.134. The van der Waals surface area contributed by atoms with Crippen LogP contribution in [0.5, 0.6) is 0 Å². The third kappa shape index (κ3) is 4.77. The molecule has 1 rings (SSSR count). The zero-order valence-electron chi connectivity index (χ0n) is 12.0. The van der Waals surface area contributed by atoms with Gasteiger partial charge >= 0.3 is 0 Å². The van der Waals surface area contributed by atoms with Gasteiger partial charge in [-0.15, -0.1) is 0 Å². The molecule has 2 unspecified atom stereocenters. The van der Waals surface area contributed by atoms with E-state index in [9.17, 15) is 4.39 Å². The van der Waals surface area contributed by atoms with E-state index in [1.165, 1.54) is 18.9 Å². The van der Waals surface area contributed by atoms with Crippen LogP contribution in [0.1, 0.15) is 52.0 Å². The Bertz CT molecular complexity index is 349. The number of hydrogen-bond donors (Lipinski definition) is 1. The van der Waals surface area contributed by atoms with E-state index in [4.69, 9.17) is 0 Å². The average Bonchev–Trinajstić information content (AvgIpc) is 2.29. The summed E-state index contributed by atoms with van der Waals surface area (Å²) in [5, 5.41) is 3.48. The van der Waals surface area contributed by atoms with Gasteiger partial charge < -0.3 is 5.32 Å². The lowest BCUT2D eigenvalue weighted by atomic mass is 9.84. The molecule has 1 N–H and O–H groups in total. The minimum absolute atomic E-state index is 0.134. The first kappa shape index (κ1) is 15.2. The largest absolute Gasteiger partial charge is 0.314 e. The highest BCUT2D eigenvalue weighted by atomic mass is 19.1. The van der Waals surface area contributed by atoms with Crippen LogP contribution in [0.2, 0.25) is 0 Å². The Kier molecular flexibility index (Phi) is 6.34. The van der Waals surface area contributed by atoms with Crippen molar-refractivity contribution < 1.29 is 4.39 Å². The Morgan fingerprint density at radius 1 is 1.22 bits per heavy atom. The first-order chi connectivity index (χ1) is 8.54. The molecule has 1 aromatic rings. The van der Waals surface area contributed by atoms with Crippen molar-refractivity contribution in [1.29, 1.82) is 0 Å². The van der Waals surface area contributed by atoms with E-state index in [0.717, 1.165) is 12.1 Å². The van der Waals surface area contributed by atoms with Crippen LogP contribution in [0.3, 0.4) is 0 Å². The van der Waals surface area contributed by atoms with E-state index in [1.807, 2.05) is 12.1 Å². The second-order valence-electron chi connectivity index (χ2n) is 5.49.